The van der Waals surface area contributed by atoms with Gasteiger partial charge in [-0.05, 0) is 68.7 Å². The highest BCUT2D eigenvalue weighted by Gasteiger charge is 2.49. The van der Waals surface area contributed by atoms with E-state index in [1.165, 1.54) is 6.34 Å². The van der Waals surface area contributed by atoms with Crippen LogP contribution in [-0.4, -0.2) is 104 Å². The first kappa shape index (κ1) is 44.5. The SMILES string of the molecule is COc1ccc(C(OC[C@@H]2O[C@H](N3C=NC4C(=O)NC(=NC(=O)C(C)C)N=C43)C[C@H]2OP(OCCC#N)N(C(C)C)C(C)C)(c2ccccc2)c2ccc(OC)cc2)cc1. The third kappa shape index (κ3) is 9.76. The van der Waals surface area contributed by atoms with Gasteiger partial charge in [-0.2, -0.15) is 15.2 Å². The number of hydrogen-bond acceptors (Lipinski definition) is 12. The molecule has 3 aliphatic heterocycles. The molecule has 3 aliphatic rings. The van der Waals surface area contributed by atoms with Crippen LogP contribution in [0, 0.1) is 17.2 Å². The Hall–Kier alpha value is -5.07. The lowest BCUT2D eigenvalue weighted by atomic mass is 9.80. The summed E-state index contributed by atoms with van der Waals surface area (Å²) in [6.45, 7) is 12.0. The van der Waals surface area contributed by atoms with Crippen molar-refractivity contribution in [2.24, 2.45) is 20.9 Å². The molecule has 0 aromatic heterocycles. The van der Waals surface area contributed by atoms with Crippen molar-refractivity contribution in [1.82, 2.24) is 14.9 Å². The van der Waals surface area contributed by atoms with Crippen molar-refractivity contribution in [2.75, 3.05) is 27.4 Å². The molecule has 1 fully saturated rings. The molecule has 0 aliphatic carbocycles. The molecule has 1 saturated heterocycles. The summed E-state index contributed by atoms with van der Waals surface area (Å²) in [5.41, 5.74) is 1.42. The van der Waals surface area contributed by atoms with Crippen molar-refractivity contribution in [3.05, 3.63) is 95.6 Å². The van der Waals surface area contributed by atoms with Crippen molar-refractivity contribution in [3.8, 4) is 17.6 Å². The van der Waals surface area contributed by atoms with Crippen LogP contribution in [0.2, 0.25) is 0 Å². The standard InChI is InChI=1S/C44H54N7O8P/c1-28(2)41(52)48-43-47-40-39(42(53)49-43)46-27-50(40)38-25-36(59-60(57-24-12-23-45)51(29(3)4)30(5)6)37(58-38)26-56-44(31-13-10-9-11-14-31,32-15-19-34(54-7)20-16-32)33-17-21-35(55-8)22-18-33/h9-11,13-22,27-30,36-39H,12,24-26H2,1-8H3,(H,48,49,52,53)/t36-,37+,38+,39?,60?/m1/s1. The van der Waals surface area contributed by atoms with Crippen LogP contribution in [0.1, 0.15) is 71.1 Å². The molecule has 3 aromatic rings. The number of carbonyl (C=O) groups excluding carboxylic acids is 2. The molecule has 0 bridgehead atoms. The first-order chi connectivity index (χ1) is 28.9. The van der Waals surface area contributed by atoms with E-state index in [4.69, 9.17) is 28.0 Å². The summed E-state index contributed by atoms with van der Waals surface area (Å²) in [5, 5.41) is 12.0. The Morgan fingerprint density at radius 2 is 1.57 bits per heavy atom. The summed E-state index contributed by atoms with van der Waals surface area (Å²) in [4.78, 5) is 40.6. The number of amidine groups is 1. The third-order valence-corrected chi connectivity index (χ3v) is 12.4. The molecule has 318 valence electrons. The number of rotatable bonds is 18. The number of methoxy groups -OCH3 is 2. The molecular weight excluding hydrogens is 785 g/mol. The van der Waals surface area contributed by atoms with Crippen molar-refractivity contribution in [2.45, 2.75) is 96.5 Å². The summed E-state index contributed by atoms with van der Waals surface area (Å²) in [5.74, 6) is 0.321. The van der Waals surface area contributed by atoms with Crippen molar-refractivity contribution < 1.29 is 37.6 Å². The molecule has 1 N–H and O–H groups in total. The van der Waals surface area contributed by atoms with Gasteiger partial charge in [0.25, 0.3) is 20.3 Å². The van der Waals surface area contributed by atoms with Crippen LogP contribution in [0.3, 0.4) is 0 Å². The lowest BCUT2D eigenvalue weighted by Gasteiger charge is -2.39. The molecule has 60 heavy (non-hydrogen) atoms. The molecule has 0 spiro atoms. The average molecular weight is 840 g/mol. The van der Waals surface area contributed by atoms with E-state index in [1.807, 2.05) is 78.9 Å². The van der Waals surface area contributed by atoms with Crippen molar-refractivity contribution in [3.63, 3.8) is 0 Å². The Morgan fingerprint density at radius 1 is 0.967 bits per heavy atom. The maximum atomic E-state index is 13.2. The maximum Gasteiger partial charge on any atom is 0.259 e. The predicted molar refractivity (Wildman–Crippen MR) is 229 cm³/mol. The summed E-state index contributed by atoms with van der Waals surface area (Å²) < 4.78 is 40.9. The first-order valence-corrected chi connectivity index (χ1v) is 21.3. The second-order valence-electron chi connectivity index (χ2n) is 15.3. The van der Waals surface area contributed by atoms with Crippen LogP contribution in [-0.2, 0) is 33.7 Å². The van der Waals surface area contributed by atoms with Gasteiger partial charge in [-0.3, -0.25) is 24.8 Å². The molecule has 15 nitrogen and oxygen atoms in total. The highest BCUT2D eigenvalue weighted by molar-refractivity contribution is 7.44. The van der Waals surface area contributed by atoms with Gasteiger partial charge in [0.1, 0.15) is 29.4 Å². The summed E-state index contributed by atoms with van der Waals surface area (Å²) >= 11 is 0. The highest BCUT2D eigenvalue weighted by Crippen LogP contribution is 2.50. The van der Waals surface area contributed by atoms with Gasteiger partial charge in [-0.15, -0.1) is 0 Å². The fraction of sp³-hybridized carbons (Fsp3) is 0.455. The molecular formula is C44H54N7O8P. The van der Waals surface area contributed by atoms with Gasteiger partial charge in [0, 0.05) is 24.4 Å². The zero-order valence-electron chi connectivity index (χ0n) is 35.3. The van der Waals surface area contributed by atoms with Gasteiger partial charge in [0.2, 0.25) is 5.96 Å². The Bertz CT molecular complexity index is 2020. The number of benzene rings is 3. The van der Waals surface area contributed by atoms with E-state index in [-0.39, 0.29) is 49.4 Å². The topological polar surface area (TPSA) is 169 Å². The third-order valence-electron chi connectivity index (χ3n) is 10.3. The van der Waals surface area contributed by atoms with Gasteiger partial charge >= 0.3 is 0 Å². The first-order valence-electron chi connectivity index (χ1n) is 20.1. The van der Waals surface area contributed by atoms with Gasteiger partial charge in [-0.25, -0.2) is 4.67 Å². The molecule has 0 saturated carbocycles. The molecule has 16 heteroatoms. The second kappa shape index (κ2) is 20.0. The number of amides is 2. The zero-order valence-corrected chi connectivity index (χ0v) is 36.2. The minimum absolute atomic E-state index is 0.0375. The largest absolute Gasteiger partial charge is 0.497 e. The molecule has 3 aromatic carbocycles. The molecule has 5 atom stereocenters. The predicted octanol–water partition coefficient (Wildman–Crippen LogP) is 6.57. The number of hydrogen-bond donors (Lipinski definition) is 1. The quantitative estimate of drug-likeness (QED) is 0.0836. The molecule has 3 heterocycles. The van der Waals surface area contributed by atoms with Crippen LogP contribution in [0.4, 0.5) is 0 Å². The Labute approximate surface area is 353 Å². The van der Waals surface area contributed by atoms with Crippen LogP contribution in [0.5, 0.6) is 11.5 Å². The number of ether oxygens (including phenoxy) is 4. The molecule has 0 radical (unpaired) electrons. The summed E-state index contributed by atoms with van der Waals surface area (Å²) in [6, 6.07) is 26.9. The highest BCUT2D eigenvalue weighted by atomic mass is 31.2. The van der Waals surface area contributed by atoms with Gasteiger partial charge in [0.05, 0.1) is 52.4 Å². The van der Waals surface area contributed by atoms with Gasteiger partial charge in [0.15, 0.2) is 11.9 Å². The van der Waals surface area contributed by atoms with Crippen LogP contribution >= 0.6 is 8.53 Å². The lowest BCUT2D eigenvalue weighted by Crippen LogP contribution is -2.51. The monoisotopic (exact) mass is 839 g/mol. The minimum atomic E-state index is -1.70. The van der Waals surface area contributed by atoms with Crippen LogP contribution < -0.4 is 14.8 Å². The number of fused-ring (bicyclic) bond motifs is 1. The number of nitriles is 1. The number of nitrogens with zero attached hydrogens (tertiary/aromatic N) is 6. The van der Waals surface area contributed by atoms with E-state index in [0.29, 0.717) is 17.9 Å². The van der Waals surface area contributed by atoms with E-state index in [0.717, 1.165) is 16.7 Å². The van der Waals surface area contributed by atoms with E-state index in [2.05, 4.69) is 58.7 Å². The number of aliphatic imine (C=N–C) groups is 3. The normalized spacial score (nSPS) is 21.4. The van der Waals surface area contributed by atoms with Gasteiger partial charge < -0.3 is 28.0 Å². The second-order valence-corrected chi connectivity index (χ2v) is 16.7. The minimum Gasteiger partial charge on any atom is -0.497 e. The molecule has 6 rings (SSSR count). The number of nitrogens with one attached hydrogen (secondary N) is 1. The van der Waals surface area contributed by atoms with Gasteiger partial charge in [-0.1, -0.05) is 68.4 Å². The summed E-state index contributed by atoms with van der Waals surface area (Å²) in [6.07, 6.45) is 0.0253. The smallest absolute Gasteiger partial charge is 0.259 e. The fourth-order valence-electron chi connectivity index (χ4n) is 7.36. The summed E-state index contributed by atoms with van der Waals surface area (Å²) in [7, 11) is 1.56. The van der Waals surface area contributed by atoms with E-state index < -0.39 is 50.4 Å². The molecule has 2 amide bonds. The van der Waals surface area contributed by atoms with Crippen LogP contribution in [0.15, 0.2) is 93.8 Å². The molecule has 2 unspecified atom stereocenters. The van der Waals surface area contributed by atoms with E-state index in [1.54, 1.807) is 33.0 Å². The van der Waals surface area contributed by atoms with Crippen molar-refractivity contribution in [1.29, 1.82) is 5.26 Å². The lowest BCUT2D eigenvalue weighted by molar-refractivity contribution is -0.120. The zero-order chi connectivity index (χ0) is 43.0. The van der Waals surface area contributed by atoms with E-state index >= 15 is 0 Å². The number of guanidine groups is 1. The van der Waals surface area contributed by atoms with Crippen LogP contribution in [0.25, 0.3) is 0 Å². The maximum absolute atomic E-state index is 13.2. The number of carbonyl (C=O) groups is 2. The average Bonchev–Trinajstić information content (AvgIpc) is 3.85. The fourth-order valence-corrected chi connectivity index (χ4v) is 9.11. The van der Waals surface area contributed by atoms with E-state index in [9.17, 15) is 14.9 Å². The Kier molecular flexibility index (Phi) is 14.8. The Balaban J connectivity index is 1.42. The Morgan fingerprint density at radius 3 is 2.12 bits per heavy atom. The van der Waals surface area contributed by atoms with Crippen molar-refractivity contribution >= 4 is 38.5 Å².